The molecule has 2 nitrogen and oxygen atoms in total. The summed E-state index contributed by atoms with van der Waals surface area (Å²) in [5.74, 6) is 2.40. The van der Waals surface area contributed by atoms with Crippen LogP contribution in [0.15, 0.2) is 16.7 Å². The molecule has 0 amide bonds. The maximum absolute atomic E-state index is 6.39. The lowest BCUT2D eigenvalue weighted by molar-refractivity contribution is 0.183. The fourth-order valence-corrected chi connectivity index (χ4v) is 3.14. The third-order valence-corrected chi connectivity index (χ3v) is 4.16. The van der Waals surface area contributed by atoms with Crippen molar-refractivity contribution in [3.8, 4) is 0 Å². The van der Waals surface area contributed by atoms with Crippen LogP contribution >= 0.6 is 0 Å². The predicted octanol–water partition coefficient (Wildman–Crippen LogP) is 3.80. The predicted molar refractivity (Wildman–Crippen MR) is 66.1 cm³/mol. The molecule has 1 aliphatic carbocycles. The zero-order valence-electron chi connectivity index (χ0n) is 10.4. The van der Waals surface area contributed by atoms with Crippen molar-refractivity contribution >= 4 is 0 Å². The summed E-state index contributed by atoms with van der Waals surface area (Å²) in [6.07, 6.45) is 8.31. The second-order valence-electron chi connectivity index (χ2n) is 5.11. The van der Waals surface area contributed by atoms with Gasteiger partial charge in [-0.1, -0.05) is 32.6 Å². The molecule has 2 N–H and O–H groups in total. The monoisotopic (exact) mass is 221 g/mol. The Kier molecular flexibility index (Phi) is 3.70. The van der Waals surface area contributed by atoms with Gasteiger partial charge in [0.1, 0.15) is 5.76 Å². The lowest BCUT2D eigenvalue weighted by atomic mass is 9.73. The fraction of sp³-hybridized carbons (Fsp3) is 0.714. The van der Waals surface area contributed by atoms with Crippen LogP contribution in [-0.2, 0) is 0 Å². The van der Waals surface area contributed by atoms with Gasteiger partial charge in [0.15, 0.2) is 0 Å². The van der Waals surface area contributed by atoms with E-state index in [9.17, 15) is 0 Å². The van der Waals surface area contributed by atoms with Gasteiger partial charge in [-0.15, -0.1) is 0 Å². The van der Waals surface area contributed by atoms with E-state index in [2.05, 4.69) is 13.8 Å². The molecule has 1 fully saturated rings. The van der Waals surface area contributed by atoms with Crippen molar-refractivity contribution in [2.75, 3.05) is 0 Å². The highest BCUT2D eigenvalue weighted by Crippen LogP contribution is 2.39. The average molecular weight is 221 g/mol. The van der Waals surface area contributed by atoms with Gasteiger partial charge in [0.25, 0.3) is 0 Å². The minimum Gasteiger partial charge on any atom is -0.467 e. The van der Waals surface area contributed by atoms with Crippen molar-refractivity contribution in [2.45, 2.75) is 52.0 Å². The Balaban J connectivity index is 2.13. The Hall–Kier alpha value is -0.760. The molecule has 1 aromatic rings. The highest BCUT2D eigenvalue weighted by atomic mass is 16.3. The molecule has 0 aromatic carbocycles. The topological polar surface area (TPSA) is 39.2 Å². The van der Waals surface area contributed by atoms with E-state index in [1.807, 2.05) is 6.07 Å². The van der Waals surface area contributed by atoms with Gasteiger partial charge in [0.2, 0.25) is 0 Å². The Morgan fingerprint density at radius 2 is 2.19 bits per heavy atom. The van der Waals surface area contributed by atoms with Gasteiger partial charge in [0.05, 0.1) is 12.3 Å². The largest absolute Gasteiger partial charge is 0.467 e. The Labute approximate surface area is 98.2 Å². The van der Waals surface area contributed by atoms with E-state index in [0.29, 0.717) is 5.92 Å². The maximum atomic E-state index is 6.39. The van der Waals surface area contributed by atoms with Crippen LogP contribution in [0.2, 0.25) is 0 Å². The number of hydrogen-bond acceptors (Lipinski definition) is 2. The van der Waals surface area contributed by atoms with Crippen LogP contribution in [0.5, 0.6) is 0 Å². The average Bonchev–Trinajstić information content (AvgIpc) is 2.74. The van der Waals surface area contributed by atoms with Gasteiger partial charge in [-0.05, 0) is 36.8 Å². The van der Waals surface area contributed by atoms with Crippen molar-refractivity contribution < 1.29 is 4.42 Å². The molecule has 0 bridgehead atoms. The highest BCUT2D eigenvalue weighted by molar-refractivity contribution is 5.18. The molecule has 3 atom stereocenters. The summed E-state index contributed by atoms with van der Waals surface area (Å²) in [4.78, 5) is 0. The summed E-state index contributed by atoms with van der Waals surface area (Å²) >= 11 is 0. The lowest BCUT2D eigenvalue weighted by Gasteiger charge is -2.34. The minimum atomic E-state index is 0.0975. The standard InChI is InChI=1S/C14H23NO/c1-3-11-6-4-5-7-12(11)13(15)14-10(2)8-9-16-14/h8-9,11-13H,3-7,15H2,1-2H3. The molecule has 0 spiro atoms. The van der Waals surface area contributed by atoms with Crippen molar-refractivity contribution in [2.24, 2.45) is 17.6 Å². The molecule has 0 aliphatic heterocycles. The maximum Gasteiger partial charge on any atom is 0.123 e. The Bertz CT molecular complexity index is 331. The molecule has 1 aliphatic rings. The molecule has 3 unspecified atom stereocenters. The second kappa shape index (κ2) is 5.05. The molecule has 1 saturated carbocycles. The molecule has 16 heavy (non-hydrogen) atoms. The van der Waals surface area contributed by atoms with E-state index in [0.717, 1.165) is 11.7 Å². The molecular weight excluding hydrogens is 198 g/mol. The molecule has 0 radical (unpaired) electrons. The number of rotatable bonds is 3. The molecule has 2 rings (SSSR count). The summed E-state index contributed by atoms with van der Waals surface area (Å²) in [5.41, 5.74) is 7.59. The van der Waals surface area contributed by atoms with Gasteiger partial charge in [-0.2, -0.15) is 0 Å². The van der Waals surface area contributed by atoms with Crippen molar-refractivity contribution in [1.82, 2.24) is 0 Å². The third kappa shape index (κ3) is 2.17. The summed E-state index contributed by atoms with van der Waals surface area (Å²) in [7, 11) is 0. The first-order valence-electron chi connectivity index (χ1n) is 6.53. The van der Waals surface area contributed by atoms with E-state index < -0.39 is 0 Å². The zero-order valence-corrected chi connectivity index (χ0v) is 10.4. The lowest BCUT2D eigenvalue weighted by Crippen LogP contribution is -2.30. The number of nitrogens with two attached hydrogens (primary N) is 1. The second-order valence-corrected chi connectivity index (χ2v) is 5.11. The van der Waals surface area contributed by atoms with Crippen LogP contribution < -0.4 is 5.73 Å². The van der Waals surface area contributed by atoms with Crippen LogP contribution in [0.4, 0.5) is 0 Å². The summed E-state index contributed by atoms with van der Waals surface area (Å²) in [5, 5.41) is 0. The highest BCUT2D eigenvalue weighted by Gasteiger charge is 2.31. The van der Waals surface area contributed by atoms with Crippen LogP contribution in [0.1, 0.15) is 56.4 Å². The number of hydrogen-bond donors (Lipinski definition) is 1. The molecule has 90 valence electrons. The third-order valence-electron chi connectivity index (χ3n) is 4.16. The molecular formula is C14H23NO. The van der Waals surface area contributed by atoms with Gasteiger partial charge >= 0.3 is 0 Å². The number of aryl methyl sites for hydroxylation is 1. The van der Waals surface area contributed by atoms with E-state index >= 15 is 0 Å². The first-order valence-corrected chi connectivity index (χ1v) is 6.53. The molecule has 1 heterocycles. The van der Waals surface area contributed by atoms with E-state index in [4.69, 9.17) is 10.2 Å². The van der Waals surface area contributed by atoms with Gasteiger partial charge in [-0.3, -0.25) is 0 Å². The Morgan fingerprint density at radius 1 is 1.44 bits per heavy atom. The fourth-order valence-electron chi connectivity index (χ4n) is 3.14. The van der Waals surface area contributed by atoms with Crippen LogP contribution in [-0.4, -0.2) is 0 Å². The minimum absolute atomic E-state index is 0.0975. The normalized spacial score (nSPS) is 27.9. The van der Waals surface area contributed by atoms with E-state index in [1.54, 1.807) is 6.26 Å². The van der Waals surface area contributed by atoms with Crippen molar-refractivity contribution in [3.63, 3.8) is 0 Å². The van der Waals surface area contributed by atoms with Gasteiger partial charge in [-0.25, -0.2) is 0 Å². The van der Waals surface area contributed by atoms with Crippen molar-refractivity contribution in [1.29, 1.82) is 0 Å². The van der Waals surface area contributed by atoms with E-state index in [1.165, 1.54) is 37.7 Å². The molecule has 0 saturated heterocycles. The molecule has 1 aromatic heterocycles. The van der Waals surface area contributed by atoms with Gasteiger partial charge in [0, 0.05) is 0 Å². The van der Waals surface area contributed by atoms with Crippen LogP contribution in [0.3, 0.4) is 0 Å². The first kappa shape index (κ1) is 11.7. The van der Waals surface area contributed by atoms with Gasteiger partial charge < -0.3 is 10.2 Å². The van der Waals surface area contributed by atoms with E-state index in [-0.39, 0.29) is 6.04 Å². The van der Waals surface area contributed by atoms with Crippen molar-refractivity contribution in [3.05, 3.63) is 23.7 Å². The first-order chi connectivity index (χ1) is 7.74. The van der Waals surface area contributed by atoms with Crippen LogP contribution in [0.25, 0.3) is 0 Å². The van der Waals surface area contributed by atoms with Crippen LogP contribution in [0, 0.1) is 18.8 Å². The quantitative estimate of drug-likeness (QED) is 0.843. The summed E-state index contributed by atoms with van der Waals surface area (Å²) in [6, 6.07) is 2.11. The Morgan fingerprint density at radius 3 is 2.81 bits per heavy atom. The summed E-state index contributed by atoms with van der Waals surface area (Å²) in [6.45, 7) is 4.37. The molecule has 2 heteroatoms. The smallest absolute Gasteiger partial charge is 0.123 e. The number of furan rings is 1. The zero-order chi connectivity index (χ0) is 11.5. The summed E-state index contributed by atoms with van der Waals surface area (Å²) < 4.78 is 5.55. The SMILES string of the molecule is CCC1CCCCC1C(N)c1occc1C.